The molecule has 0 radical (unpaired) electrons. The van der Waals surface area contributed by atoms with Crippen molar-refractivity contribution in [3.05, 3.63) is 71.8 Å². The average molecular weight is 353 g/mol. The van der Waals surface area contributed by atoms with Crippen LogP contribution in [0.1, 0.15) is 50.8 Å². The lowest BCUT2D eigenvalue weighted by atomic mass is 9.81. The number of rotatable bonds is 8. The van der Waals surface area contributed by atoms with Crippen LogP contribution in [0.5, 0.6) is 0 Å². The van der Waals surface area contributed by atoms with E-state index in [1.54, 1.807) is 6.92 Å². The summed E-state index contributed by atoms with van der Waals surface area (Å²) >= 11 is 0. The molecule has 2 rings (SSSR count). The van der Waals surface area contributed by atoms with E-state index < -0.39 is 6.04 Å². The van der Waals surface area contributed by atoms with Gasteiger partial charge in [0.25, 0.3) is 0 Å². The summed E-state index contributed by atoms with van der Waals surface area (Å²) in [6.07, 6.45) is 0.457. The lowest BCUT2D eigenvalue weighted by Gasteiger charge is -2.26. The number of esters is 1. The number of hydrogen-bond donors (Lipinski definition) is 1. The van der Waals surface area contributed by atoms with Crippen molar-refractivity contribution in [2.24, 2.45) is 0 Å². The molecule has 0 heterocycles. The molecule has 4 heteroatoms. The Labute approximate surface area is 155 Å². The van der Waals surface area contributed by atoms with Crippen molar-refractivity contribution in [1.29, 1.82) is 0 Å². The van der Waals surface area contributed by atoms with Crippen LogP contribution in [0.2, 0.25) is 0 Å². The Morgan fingerprint density at radius 1 is 1.00 bits per heavy atom. The van der Waals surface area contributed by atoms with Gasteiger partial charge in [0, 0.05) is 6.42 Å². The SMILES string of the molecule is CCOC(=O)CC(NC(=O)CC(C)(C)c1ccccc1)c1ccccc1. The number of hydrogen-bond acceptors (Lipinski definition) is 3. The molecule has 4 nitrogen and oxygen atoms in total. The lowest BCUT2D eigenvalue weighted by Crippen LogP contribution is -2.35. The highest BCUT2D eigenvalue weighted by Crippen LogP contribution is 2.27. The Morgan fingerprint density at radius 2 is 1.58 bits per heavy atom. The Balaban J connectivity index is 2.09. The molecule has 0 fully saturated rings. The van der Waals surface area contributed by atoms with Gasteiger partial charge in [-0.05, 0) is 23.5 Å². The van der Waals surface area contributed by atoms with Crippen LogP contribution in [-0.2, 0) is 19.7 Å². The molecule has 1 unspecified atom stereocenters. The first kappa shape index (κ1) is 19.7. The minimum Gasteiger partial charge on any atom is -0.466 e. The van der Waals surface area contributed by atoms with E-state index in [4.69, 9.17) is 4.74 Å². The molecule has 0 aromatic heterocycles. The van der Waals surface area contributed by atoms with Crippen LogP contribution < -0.4 is 5.32 Å². The van der Waals surface area contributed by atoms with Crippen LogP contribution in [0, 0.1) is 0 Å². The van der Waals surface area contributed by atoms with Crippen molar-refractivity contribution in [2.45, 2.75) is 45.1 Å². The third kappa shape index (κ3) is 5.73. The van der Waals surface area contributed by atoms with E-state index >= 15 is 0 Å². The third-order valence-electron chi connectivity index (χ3n) is 4.37. The van der Waals surface area contributed by atoms with E-state index in [9.17, 15) is 9.59 Å². The summed E-state index contributed by atoms with van der Waals surface area (Å²) in [7, 11) is 0. The van der Waals surface area contributed by atoms with Crippen LogP contribution in [0.4, 0.5) is 0 Å². The highest BCUT2D eigenvalue weighted by atomic mass is 16.5. The molecule has 0 aliphatic carbocycles. The van der Waals surface area contributed by atoms with Gasteiger partial charge in [-0.25, -0.2) is 0 Å². The molecule has 0 saturated heterocycles. The number of carbonyl (C=O) groups is 2. The van der Waals surface area contributed by atoms with Crippen molar-refractivity contribution < 1.29 is 14.3 Å². The van der Waals surface area contributed by atoms with Crippen molar-refractivity contribution in [3.8, 4) is 0 Å². The molecule has 1 amide bonds. The first-order chi connectivity index (χ1) is 12.4. The smallest absolute Gasteiger partial charge is 0.308 e. The second kappa shape index (κ2) is 9.18. The monoisotopic (exact) mass is 353 g/mol. The van der Waals surface area contributed by atoms with Gasteiger partial charge in [0.15, 0.2) is 0 Å². The number of ether oxygens (including phenoxy) is 1. The predicted molar refractivity (Wildman–Crippen MR) is 103 cm³/mol. The number of benzene rings is 2. The molecule has 1 N–H and O–H groups in total. The van der Waals surface area contributed by atoms with Gasteiger partial charge in [0.1, 0.15) is 0 Å². The average Bonchev–Trinajstić information content (AvgIpc) is 2.62. The summed E-state index contributed by atoms with van der Waals surface area (Å²) in [6.45, 7) is 6.20. The summed E-state index contributed by atoms with van der Waals surface area (Å²) in [5.74, 6) is -0.402. The molecule has 0 aliphatic heterocycles. The van der Waals surface area contributed by atoms with Crippen molar-refractivity contribution >= 4 is 11.9 Å². The molecule has 0 bridgehead atoms. The van der Waals surface area contributed by atoms with Gasteiger partial charge < -0.3 is 10.1 Å². The van der Waals surface area contributed by atoms with E-state index in [1.807, 2.05) is 74.5 Å². The van der Waals surface area contributed by atoms with E-state index in [1.165, 1.54) is 0 Å². The second-order valence-corrected chi connectivity index (χ2v) is 6.97. The van der Waals surface area contributed by atoms with Crippen molar-refractivity contribution in [3.63, 3.8) is 0 Å². The molecule has 1 atom stereocenters. The largest absolute Gasteiger partial charge is 0.466 e. The fourth-order valence-electron chi connectivity index (χ4n) is 2.96. The fraction of sp³-hybridized carbons (Fsp3) is 0.364. The maximum absolute atomic E-state index is 12.7. The molecule has 26 heavy (non-hydrogen) atoms. The highest BCUT2D eigenvalue weighted by molar-refractivity contribution is 5.79. The lowest BCUT2D eigenvalue weighted by molar-refractivity contribution is -0.143. The molecule has 2 aromatic rings. The molecule has 2 aromatic carbocycles. The van der Waals surface area contributed by atoms with E-state index in [2.05, 4.69) is 5.32 Å². The molecule has 0 saturated carbocycles. The number of nitrogens with one attached hydrogen (secondary N) is 1. The van der Waals surface area contributed by atoms with Gasteiger partial charge in [-0.2, -0.15) is 0 Å². The van der Waals surface area contributed by atoms with Crippen LogP contribution in [0.15, 0.2) is 60.7 Å². The zero-order valence-corrected chi connectivity index (χ0v) is 15.7. The number of carbonyl (C=O) groups excluding carboxylic acids is 2. The Bertz CT molecular complexity index is 711. The summed E-state index contributed by atoms with van der Waals surface area (Å²) in [5.41, 5.74) is 1.71. The normalized spacial score (nSPS) is 12.3. The van der Waals surface area contributed by atoms with E-state index in [0.717, 1.165) is 11.1 Å². The highest BCUT2D eigenvalue weighted by Gasteiger charge is 2.26. The Morgan fingerprint density at radius 3 is 2.15 bits per heavy atom. The summed E-state index contributed by atoms with van der Waals surface area (Å²) in [4.78, 5) is 24.6. The summed E-state index contributed by atoms with van der Waals surface area (Å²) in [5, 5.41) is 3.01. The van der Waals surface area contributed by atoms with E-state index in [-0.39, 0.29) is 23.7 Å². The molecule has 0 aliphatic rings. The minimum atomic E-state index is -0.394. The quantitative estimate of drug-likeness (QED) is 0.725. The Kier molecular flexibility index (Phi) is 6.96. The second-order valence-electron chi connectivity index (χ2n) is 6.97. The zero-order chi connectivity index (χ0) is 19.0. The van der Waals surface area contributed by atoms with Gasteiger partial charge >= 0.3 is 5.97 Å². The summed E-state index contributed by atoms with van der Waals surface area (Å²) in [6, 6.07) is 19.1. The molecular weight excluding hydrogens is 326 g/mol. The van der Waals surface area contributed by atoms with Gasteiger partial charge in [-0.3, -0.25) is 9.59 Å². The summed E-state index contributed by atoms with van der Waals surface area (Å²) < 4.78 is 5.06. The van der Waals surface area contributed by atoms with Gasteiger partial charge in [0.2, 0.25) is 5.91 Å². The first-order valence-electron chi connectivity index (χ1n) is 8.98. The van der Waals surface area contributed by atoms with E-state index in [0.29, 0.717) is 13.0 Å². The first-order valence-corrected chi connectivity index (χ1v) is 8.98. The van der Waals surface area contributed by atoms with Crippen molar-refractivity contribution in [1.82, 2.24) is 5.32 Å². The zero-order valence-electron chi connectivity index (χ0n) is 15.7. The minimum absolute atomic E-state index is 0.0861. The van der Waals surface area contributed by atoms with Gasteiger partial charge in [-0.1, -0.05) is 74.5 Å². The van der Waals surface area contributed by atoms with Crippen LogP contribution >= 0.6 is 0 Å². The topological polar surface area (TPSA) is 55.4 Å². The van der Waals surface area contributed by atoms with Crippen LogP contribution in [-0.4, -0.2) is 18.5 Å². The van der Waals surface area contributed by atoms with Gasteiger partial charge in [-0.15, -0.1) is 0 Å². The molecular formula is C22H27NO3. The third-order valence-corrected chi connectivity index (χ3v) is 4.37. The maximum atomic E-state index is 12.7. The number of amides is 1. The van der Waals surface area contributed by atoms with Gasteiger partial charge in [0.05, 0.1) is 19.1 Å². The molecule has 0 spiro atoms. The van der Waals surface area contributed by atoms with Crippen LogP contribution in [0.25, 0.3) is 0 Å². The molecule has 138 valence electrons. The maximum Gasteiger partial charge on any atom is 0.308 e. The standard InChI is InChI=1S/C22H27NO3/c1-4-26-21(25)15-19(17-11-7-5-8-12-17)23-20(24)16-22(2,3)18-13-9-6-10-14-18/h5-14,19H,4,15-16H2,1-3H3,(H,23,24). The fourth-order valence-corrected chi connectivity index (χ4v) is 2.96. The van der Waals surface area contributed by atoms with Crippen LogP contribution in [0.3, 0.4) is 0 Å². The predicted octanol–water partition coefficient (Wildman–Crippen LogP) is 4.17. The Hall–Kier alpha value is -2.62. The van der Waals surface area contributed by atoms with Crippen molar-refractivity contribution in [2.75, 3.05) is 6.61 Å².